The minimum absolute atomic E-state index is 0.00799. The van der Waals surface area contributed by atoms with E-state index in [-0.39, 0.29) is 16.9 Å². The average molecular weight is 363 g/mol. The van der Waals surface area contributed by atoms with E-state index >= 15 is 0 Å². The Bertz CT molecular complexity index is 907. The third-order valence-electron chi connectivity index (χ3n) is 3.60. The molecule has 25 heavy (non-hydrogen) atoms. The number of para-hydroxylation sites is 1. The van der Waals surface area contributed by atoms with E-state index in [0.717, 1.165) is 11.1 Å². The van der Waals surface area contributed by atoms with Gasteiger partial charge in [0.15, 0.2) is 6.04 Å². The third kappa shape index (κ3) is 4.23. The Hall–Kier alpha value is -2.71. The molecule has 0 fully saturated rings. The summed E-state index contributed by atoms with van der Waals surface area (Å²) in [4.78, 5) is 21.4. The summed E-state index contributed by atoms with van der Waals surface area (Å²) in [5.74, 6) is -1.09. The molecule has 2 rings (SSSR count). The van der Waals surface area contributed by atoms with E-state index < -0.39 is 22.0 Å². The summed E-state index contributed by atoms with van der Waals surface area (Å²) >= 11 is 0. The molecule has 0 radical (unpaired) electrons. The van der Waals surface area contributed by atoms with Crippen LogP contribution in [0.1, 0.15) is 11.1 Å². The van der Waals surface area contributed by atoms with Gasteiger partial charge in [-0.15, -0.1) is 0 Å². The van der Waals surface area contributed by atoms with Gasteiger partial charge < -0.3 is 14.6 Å². The van der Waals surface area contributed by atoms with Crippen molar-refractivity contribution in [1.82, 2.24) is 4.72 Å². The zero-order valence-electron chi connectivity index (χ0n) is 13.6. The number of carbonyl (C=O) groups is 2. The minimum Gasteiger partial charge on any atom is -0.480 e. The molecule has 0 aromatic heterocycles. The first-order chi connectivity index (χ1) is 11.8. The first-order valence-corrected chi connectivity index (χ1v) is 8.78. The van der Waals surface area contributed by atoms with Gasteiger partial charge >= 0.3 is 5.97 Å². The Balaban J connectivity index is 2.42. The van der Waals surface area contributed by atoms with E-state index in [1.54, 1.807) is 18.2 Å². The summed E-state index contributed by atoms with van der Waals surface area (Å²) in [6.07, 6.45) is 0.00799. The van der Waals surface area contributed by atoms with Gasteiger partial charge in [0.2, 0.25) is 10.0 Å². The maximum absolute atomic E-state index is 12.5. The predicted molar refractivity (Wildman–Crippen MR) is 90.2 cm³/mol. The number of aryl methyl sites for hydroxylation is 1. The molecule has 1 atom stereocenters. The molecule has 0 heterocycles. The van der Waals surface area contributed by atoms with Gasteiger partial charge in [0.05, 0.1) is 0 Å². The van der Waals surface area contributed by atoms with Crippen molar-refractivity contribution >= 4 is 22.3 Å². The Kier molecular flexibility index (Phi) is 5.55. The fraction of sp³-hybridized carbons (Fsp3) is 0.176. The molecule has 0 saturated heterocycles. The molecule has 132 valence electrons. The van der Waals surface area contributed by atoms with E-state index in [1.165, 1.54) is 18.2 Å². The van der Waals surface area contributed by atoms with E-state index in [4.69, 9.17) is 9.84 Å². The van der Waals surface area contributed by atoms with Crippen LogP contribution in [0.25, 0.3) is 0 Å². The normalized spacial score (nSPS) is 12.4. The lowest BCUT2D eigenvalue weighted by Gasteiger charge is -2.15. The summed E-state index contributed by atoms with van der Waals surface area (Å²) < 4.78 is 32.5. The van der Waals surface area contributed by atoms with Gasteiger partial charge in [0.1, 0.15) is 22.7 Å². The number of ether oxygens (including phenoxy) is 1. The first-order valence-electron chi connectivity index (χ1n) is 7.30. The number of hydrogen-bond acceptors (Lipinski definition) is 5. The fourth-order valence-electron chi connectivity index (χ4n) is 2.08. The summed E-state index contributed by atoms with van der Waals surface area (Å²) in [5.41, 5.74) is 1.82. The number of aliphatic carboxylic acids is 1. The molecule has 7 nitrogen and oxygen atoms in total. The van der Waals surface area contributed by atoms with Crippen molar-refractivity contribution in [2.45, 2.75) is 24.8 Å². The van der Waals surface area contributed by atoms with Crippen LogP contribution < -0.4 is 9.46 Å². The number of carbonyl (C=O) groups excluding carboxylic acids is 1. The van der Waals surface area contributed by atoms with Crippen molar-refractivity contribution in [2.24, 2.45) is 0 Å². The SMILES string of the molecule is Cc1cccc(Oc2ccccc2S(=O)(=O)N[C@H](C=O)C(=O)O)c1C. The number of nitrogens with one attached hydrogen (secondary N) is 1. The molecule has 0 saturated carbocycles. The molecule has 2 aromatic carbocycles. The van der Waals surface area contributed by atoms with Gasteiger partial charge in [0, 0.05) is 0 Å². The van der Waals surface area contributed by atoms with Gasteiger partial charge in [0.25, 0.3) is 0 Å². The Morgan fingerprint density at radius 2 is 1.76 bits per heavy atom. The van der Waals surface area contributed by atoms with Crippen LogP contribution in [0, 0.1) is 13.8 Å². The van der Waals surface area contributed by atoms with Crippen LogP contribution in [0.3, 0.4) is 0 Å². The van der Waals surface area contributed by atoms with Gasteiger partial charge in [-0.2, -0.15) is 4.72 Å². The number of aldehydes is 1. The predicted octanol–water partition coefficient (Wildman–Crippen LogP) is 2.03. The number of carboxylic acids is 1. The first kappa shape index (κ1) is 18.6. The van der Waals surface area contributed by atoms with E-state index in [9.17, 15) is 18.0 Å². The summed E-state index contributed by atoms with van der Waals surface area (Å²) in [5, 5.41) is 8.87. The van der Waals surface area contributed by atoms with Crippen molar-refractivity contribution in [1.29, 1.82) is 0 Å². The molecule has 0 aliphatic heterocycles. The van der Waals surface area contributed by atoms with Crippen molar-refractivity contribution < 1.29 is 27.9 Å². The van der Waals surface area contributed by atoms with Crippen molar-refractivity contribution in [3.63, 3.8) is 0 Å². The third-order valence-corrected chi connectivity index (χ3v) is 5.08. The number of sulfonamides is 1. The highest BCUT2D eigenvalue weighted by atomic mass is 32.2. The van der Waals surface area contributed by atoms with Crippen molar-refractivity contribution in [3.8, 4) is 11.5 Å². The highest BCUT2D eigenvalue weighted by molar-refractivity contribution is 7.89. The number of benzene rings is 2. The lowest BCUT2D eigenvalue weighted by molar-refractivity contribution is -0.140. The zero-order chi connectivity index (χ0) is 18.6. The monoisotopic (exact) mass is 363 g/mol. The molecule has 0 bridgehead atoms. The maximum Gasteiger partial charge on any atom is 0.329 e. The summed E-state index contributed by atoms with van der Waals surface area (Å²) in [6.45, 7) is 3.74. The average Bonchev–Trinajstić information content (AvgIpc) is 2.57. The molecular formula is C17H17NO6S. The molecule has 2 N–H and O–H groups in total. The number of carboxylic acid groups (broad SMARTS) is 1. The molecule has 0 amide bonds. The Morgan fingerprint density at radius 3 is 2.40 bits per heavy atom. The fourth-order valence-corrected chi connectivity index (χ4v) is 3.33. The lowest BCUT2D eigenvalue weighted by atomic mass is 10.1. The number of hydrogen-bond donors (Lipinski definition) is 2. The van der Waals surface area contributed by atoms with Crippen molar-refractivity contribution in [2.75, 3.05) is 0 Å². The van der Waals surface area contributed by atoms with Crippen molar-refractivity contribution in [3.05, 3.63) is 53.6 Å². The second kappa shape index (κ2) is 7.45. The summed E-state index contributed by atoms with van der Waals surface area (Å²) in [7, 11) is -4.28. The Morgan fingerprint density at radius 1 is 1.12 bits per heavy atom. The minimum atomic E-state index is -4.28. The topological polar surface area (TPSA) is 110 Å². The van der Waals surface area contributed by atoms with Crippen LogP contribution in [0.4, 0.5) is 0 Å². The van der Waals surface area contributed by atoms with Gasteiger partial charge in [-0.3, -0.25) is 4.79 Å². The van der Waals surface area contributed by atoms with Gasteiger partial charge in [-0.25, -0.2) is 8.42 Å². The Labute approximate surface area is 145 Å². The van der Waals surface area contributed by atoms with Crippen LogP contribution in [0.2, 0.25) is 0 Å². The van der Waals surface area contributed by atoms with Gasteiger partial charge in [-0.05, 0) is 43.2 Å². The van der Waals surface area contributed by atoms with Crippen LogP contribution in [0.5, 0.6) is 11.5 Å². The largest absolute Gasteiger partial charge is 0.480 e. The van der Waals surface area contributed by atoms with Crippen LogP contribution in [-0.2, 0) is 19.6 Å². The van der Waals surface area contributed by atoms with E-state index in [1.807, 2.05) is 24.6 Å². The van der Waals surface area contributed by atoms with Crippen LogP contribution in [0.15, 0.2) is 47.4 Å². The van der Waals surface area contributed by atoms with Gasteiger partial charge in [-0.1, -0.05) is 24.3 Å². The second-order valence-electron chi connectivity index (χ2n) is 5.32. The highest BCUT2D eigenvalue weighted by Gasteiger charge is 2.27. The molecule has 0 aliphatic rings. The maximum atomic E-state index is 12.5. The second-order valence-corrected chi connectivity index (χ2v) is 7.00. The molecular weight excluding hydrogens is 346 g/mol. The summed E-state index contributed by atoms with van der Waals surface area (Å²) in [6, 6.07) is 9.28. The van der Waals surface area contributed by atoms with Crippen LogP contribution in [-0.4, -0.2) is 31.8 Å². The molecule has 0 unspecified atom stereocenters. The van der Waals surface area contributed by atoms with E-state index in [2.05, 4.69) is 0 Å². The zero-order valence-corrected chi connectivity index (χ0v) is 14.4. The highest BCUT2D eigenvalue weighted by Crippen LogP contribution is 2.31. The quantitative estimate of drug-likeness (QED) is 0.575. The smallest absolute Gasteiger partial charge is 0.329 e. The van der Waals surface area contributed by atoms with Crippen LogP contribution >= 0.6 is 0 Å². The molecule has 0 spiro atoms. The number of rotatable bonds is 7. The lowest BCUT2D eigenvalue weighted by Crippen LogP contribution is -2.41. The van der Waals surface area contributed by atoms with E-state index in [0.29, 0.717) is 5.75 Å². The molecule has 2 aromatic rings. The standard InChI is InChI=1S/C17H17NO6S/c1-11-6-5-8-14(12(11)2)24-15-7-3-4-9-16(15)25(22,23)18-13(10-19)17(20)21/h3-10,13,18H,1-2H3,(H,20,21)/t13-/m1/s1. The molecule has 0 aliphatic carbocycles. The molecule has 8 heteroatoms.